The van der Waals surface area contributed by atoms with Crippen molar-refractivity contribution < 1.29 is 18.0 Å². The van der Waals surface area contributed by atoms with E-state index in [1.807, 2.05) is 5.10 Å². The average molecular weight is 358 g/mol. The first-order valence-electron chi connectivity index (χ1n) is 7.34. The van der Waals surface area contributed by atoms with E-state index in [0.717, 1.165) is 5.39 Å². The predicted octanol–water partition coefficient (Wildman–Crippen LogP) is 3.04. The minimum Gasteiger partial charge on any atom is -0.300 e. The van der Waals surface area contributed by atoms with Crippen molar-refractivity contribution in [3.8, 4) is 17.2 Å². The third kappa shape index (κ3) is 2.70. The van der Waals surface area contributed by atoms with E-state index in [2.05, 4.69) is 20.1 Å². The Kier molecular flexibility index (Phi) is 3.53. The third-order valence-electron chi connectivity index (χ3n) is 3.69. The Morgan fingerprint density at radius 3 is 2.62 bits per heavy atom. The highest BCUT2D eigenvalue weighted by Crippen LogP contribution is 2.27. The van der Waals surface area contributed by atoms with Gasteiger partial charge in [0.2, 0.25) is 5.82 Å². The zero-order chi connectivity index (χ0) is 18.3. The number of nitrogens with zero attached hydrogens (tertiary/aromatic N) is 5. The van der Waals surface area contributed by atoms with Crippen LogP contribution in [0, 0.1) is 0 Å². The zero-order valence-corrected chi connectivity index (χ0v) is 12.9. The molecule has 4 aromatic heterocycles. The summed E-state index contributed by atoms with van der Waals surface area (Å²) in [6.07, 6.45) is 0.818. The molecular formula is C16H9F3N6O. The van der Waals surface area contributed by atoms with Crippen LogP contribution in [0.25, 0.3) is 28.2 Å². The Labute approximate surface area is 143 Å². The molecule has 1 N–H and O–H groups in total. The van der Waals surface area contributed by atoms with Gasteiger partial charge in [0, 0.05) is 23.3 Å². The number of fused-ring (bicyclic) bond motifs is 1. The van der Waals surface area contributed by atoms with Crippen LogP contribution in [0.3, 0.4) is 0 Å². The first-order valence-corrected chi connectivity index (χ1v) is 7.34. The van der Waals surface area contributed by atoms with E-state index in [9.17, 15) is 18.0 Å². The zero-order valence-electron chi connectivity index (χ0n) is 12.9. The number of aldehydes is 1. The minimum atomic E-state index is -4.60. The van der Waals surface area contributed by atoms with Crippen LogP contribution in [0.1, 0.15) is 16.2 Å². The molecule has 0 atom stereocenters. The molecule has 26 heavy (non-hydrogen) atoms. The largest absolute Gasteiger partial charge is 0.451 e. The van der Waals surface area contributed by atoms with Crippen LogP contribution in [0.15, 0.2) is 42.9 Å². The Balaban J connectivity index is 1.68. The number of pyridine rings is 2. The normalized spacial score (nSPS) is 11.8. The van der Waals surface area contributed by atoms with Crippen LogP contribution in [0.4, 0.5) is 13.2 Å². The smallest absolute Gasteiger partial charge is 0.300 e. The number of aromatic amines is 1. The number of rotatable bonds is 3. The number of hydrogen-bond acceptors (Lipinski definition) is 5. The topological polar surface area (TPSA) is 89.4 Å². The van der Waals surface area contributed by atoms with Crippen molar-refractivity contribution in [2.24, 2.45) is 0 Å². The lowest BCUT2D eigenvalue weighted by atomic mass is 10.2. The van der Waals surface area contributed by atoms with E-state index >= 15 is 0 Å². The second kappa shape index (κ2) is 5.76. The lowest BCUT2D eigenvalue weighted by molar-refractivity contribution is -0.144. The summed E-state index contributed by atoms with van der Waals surface area (Å²) >= 11 is 0. The van der Waals surface area contributed by atoms with Gasteiger partial charge in [0.05, 0.1) is 11.9 Å². The van der Waals surface area contributed by atoms with E-state index in [1.54, 1.807) is 29.0 Å². The molecule has 0 unspecified atom stereocenters. The minimum absolute atomic E-state index is 0.144. The molecule has 0 bridgehead atoms. The van der Waals surface area contributed by atoms with Gasteiger partial charge in [-0.3, -0.25) is 19.4 Å². The molecule has 0 aliphatic carbocycles. The maximum absolute atomic E-state index is 12.6. The lowest BCUT2D eigenvalue weighted by Crippen LogP contribution is -2.07. The maximum atomic E-state index is 12.6. The van der Waals surface area contributed by atoms with Crippen molar-refractivity contribution in [3.63, 3.8) is 0 Å². The highest BCUT2D eigenvalue weighted by Gasteiger charge is 2.35. The number of carbonyl (C=O) groups excluding carboxylic acids is 1. The fourth-order valence-corrected chi connectivity index (χ4v) is 2.48. The Bertz CT molecular complexity index is 1100. The summed E-state index contributed by atoms with van der Waals surface area (Å²) in [6, 6.07) is 6.69. The second-order valence-corrected chi connectivity index (χ2v) is 5.39. The molecule has 0 saturated carbocycles. The molecule has 0 aliphatic rings. The number of halogens is 3. The van der Waals surface area contributed by atoms with Crippen molar-refractivity contribution in [3.05, 3.63) is 54.2 Å². The van der Waals surface area contributed by atoms with Crippen LogP contribution in [-0.2, 0) is 6.18 Å². The Hall–Kier alpha value is -3.56. The van der Waals surface area contributed by atoms with Gasteiger partial charge < -0.3 is 0 Å². The van der Waals surface area contributed by atoms with Gasteiger partial charge in [-0.05, 0) is 24.3 Å². The monoisotopic (exact) mass is 358 g/mol. The molecule has 0 saturated heterocycles. The maximum Gasteiger partial charge on any atom is 0.451 e. The highest BCUT2D eigenvalue weighted by molar-refractivity contribution is 5.85. The fraction of sp³-hybridized carbons (Fsp3) is 0.0625. The Morgan fingerprint density at radius 1 is 1.12 bits per heavy atom. The predicted molar refractivity (Wildman–Crippen MR) is 84.6 cm³/mol. The van der Waals surface area contributed by atoms with Crippen molar-refractivity contribution in [2.45, 2.75) is 6.18 Å². The van der Waals surface area contributed by atoms with Crippen molar-refractivity contribution in [1.29, 1.82) is 0 Å². The van der Waals surface area contributed by atoms with Crippen molar-refractivity contribution >= 4 is 17.3 Å². The third-order valence-corrected chi connectivity index (χ3v) is 3.69. The molecule has 130 valence electrons. The van der Waals surface area contributed by atoms with Crippen LogP contribution in [-0.4, -0.2) is 36.0 Å². The molecule has 0 aliphatic heterocycles. The van der Waals surface area contributed by atoms with Gasteiger partial charge >= 0.3 is 6.18 Å². The van der Waals surface area contributed by atoms with Crippen LogP contribution in [0.2, 0.25) is 0 Å². The Morgan fingerprint density at radius 2 is 1.96 bits per heavy atom. The SMILES string of the molecule is O=Cc1cnc2c(ccn2-c2ccc(-c3n[nH]c(C(F)(F)F)n3)nc2)c1. The van der Waals surface area contributed by atoms with Gasteiger partial charge in [-0.1, -0.05) is 0 Å². The summed E-state index contributed by atoms with van der Waals surface area (Å²) in [7, 11) is 0. The van der Waals surface area contributed by atoms with Crippen LogP contribution in [0.5, 0.6) is 0 Å². The van der Waals surface area contributed by atoms with Crippen molar-refractivity contribution in [2.75, 3.05) is 0 Å². The molecule has 0 radical (unpaired) electrons. The molecule has 4 aromatic rings. The summed E-state index contributed by atoms with van der Waals surface area (Å²) < 4.78 is 39.5. The van der Waals surface area contributed by atoms with Crippen molar-refractivity contribution in [1.82, 2.24) is 29.7 Å². The van der Waals surface area contributed by atoms with Gasteiger partial charge in [0.15, 0.2) is 12.1 Å². The van der Waals surface area contributed by atoms with Gasteiger partial charge in [-0.25, -0.2) is 9.97 Å². The summed E-state index contributed by atoms with van der Waals surface area (Å²) in [5.41, 5.74) is 1.95. The second-order valence-electron chi connectivity index (χ2n) is 5.39. The molecule has 4 rings (SSSR count). The molecule has 0 amide bonds. The molecule has 10 heteroatoms. The summed E-state index contributed by atoms with van der Waals surface area (Å²) in [5.74, 6) is -1.32. The van der Waals surface area contributed by atoms with Gasteiger partial charge in [-0.15, -0.1) is 0 Å². The van der Waals surface area contributed by atoms with E-state index in [1.165, 1.54) is 18.5 Å². The summed E-state index contributed by atoms with van der Waals surface area (Å²) in [6.45, 7) is 0. The number of nitrogens with one attached hydrogen (secondary N) is 1. The van der Waals surface area contributed by atoms with Gasteiger partial charge in [-0.2, -0.15) is 18.3 Å². The van der Waals surface area contributed by atoms with E-state index in [0.29, 0.717) is 23.2 Å². The van der Waals surface area contributed by atoms with Crippen LogP contribution < -0.4 is 0 Å². The molecule has 0 aromatic carbocycles. The quantitative estimate of drug-likeness (QED) is 0.569. The highest BCUT2D eigenvalue weighted by atomic mass is 19.4. The number of hydrogen-bond donors (Lipinski definition) is 1. The number of H-pyrrole nitrogens is 1. The van der Waals surface area contributed by atoms with E-state index in [-0.39, 0.29) is 11.5 Å². The number of aromatic nitrogens is 6. The van der Waals surface area contributed by atoms with Gasteiger partial charge in [0.25, 0.3) is 0 Å². The molecule has 0 spiro atoms. The van der Waals surface area contributed by atoms with Crippen LogP contribution >= 0.6 is 0 Å². The molecule has 7 nitrogen and oxygen atoms in total. The fourth-order valence-electron chi connectivity index (χ4n) is 2.48. The molecule has 0 fully saturated rings. The summed E-state index contributed by atoms with van der Waals surface area (Å²) in [4.78, 5) is 22.6. The lowest BCUT2D eigenvalue weighted by Gasteiger charge is -2.05. The first-order chi connectivity index (χ1) is 12.5. The molecule has 4 heterocycles. The molecular weight excluding hydrogens is 349 g/mol. The summed E-state index contributed by atoms with van der Waals surface area (Å²) in [5, 5.41) is 6.18. The van der Waals surface area contributed by atoms with E-state index < -0.39 is 12.0 Å². The van der Waals surface area contributed by atoms with E-state index in [4.69, 9.17) is 0 Å². The first kappa shape index (κ1) is 15.9. The standard InChI is InChI=1S/C16H9F3N6O/c17-16(18,19)15-22-13(23-24-15)12-2-1-11(7-20-12)25-4-3-10-5-9(8-26)6-21-14(10)25/h1-8H,(H,22,23,24). The number of alkyl halides is 3. The number of carbonyl (C=O) groups is 1. The average Bonchev–Trinajstić information content (AvgIpc) is 3.28. The van der Waals surface area contributed by atoms with Gasteiger partial charge in [0.1, 0.15) is 11.3 Å².